The van der Waals surface area contributed by atoms with Crippen LogP contribution in [0, 0.1) is 0 Å². The van der Waals surface area contributed by atoms with Gasteiger partial charge in [-0.1, -0.05) is 81.7 Å². The molecule has 0 nitrogen and oxygen atoms in total. The lowest BCUT2D eigenvalue weighted by atomic mass is 10.2. The zero-order chi connectivity index (χ0) is 14.0. The maximum atomic E-state index is 2.31. The summed E-state index contributed by atoms with van der Waals surface area (Å²) in [4.78, 5) is 0. The van der Waals surface area contributed by atoms with Gasteiger partial charge in [-0.25, -0.2) is 0 Å². The molecule has 0 radical (unpaired) electrons. The average Bonchev–Trinajstić information content (AvgIpc) is 2.43. The first-order valence-corrected chi connectivity index (χ1v) is 8.01. The van der Waals surface area contributed by atoms with Crippen molar-refractivity contribution < 1.29 is 0 Å². The Morgan fingerprint density at radius 3 is 1.42 bits per heavy atom. The molecule has 0 bridgehead atoms. The van der Waals surface area contributed by atoms with E-state index in [0.29, 0.717) is 0 Å². The molecular weight excluding hydrogens is 228 g/mol. The van der Waals surface area contributed by atoms with E-state index < -0.39 is 0 Å². The monoisotopic (exact) mass is 260 g/mol. The van der Waals surface area contributed by atoms with Gasteiger partial charge in [-0.05, 0) is 38.5 Å². The van der Waals surface area contributed by atoms with Gasteiger partial charge >= 0.3 is 0 Å². The van der Waals surface area contributed by atoms with Gasteiger partial charge in [-0.15, -0.1) is 0 Å². The van der Waals surface area contributed by atoms with Crippen LogP contribution in [0.1, 0.15) is 71.6 Å². The number of rotatable bonds is 12. The van der Waals surface area contributed by atoms with Gasteiger partial charge in [0.1, 0.15) is 0 Å². The largest absolute Gasteiger partial charge is 0.0882 e. The zero-order valence-corrected chi connectivity index (χ0v) is 13.0. The summed E-state index contributed by atoms with van der Waals surface area (Å²) in [6.07, 6.45) is 29.0. The molecule has 0 heteroatoms. The Balaban J connectivity index is 3.35. The van der Waals surface area contributed by atoms with Crippen molar-refractivity contribution in [2.75, 3.05) is 0 Å². The van der Waals surface area contributed by atoms with E-state index in [1.54, 1.807) is 0 Å². The van der Waals surface area contributed by atoms with E-state index in [2.05, 4.69) is 62.5 Å². The molecule has 0 fully saturated rings. The Morgan fingerprint density at radius 2 is 0.947 bits per heavy atom. The molecule has 19 heavy (non-hydrogen) atoms. The quantitative estimate of drug-likeness (QED) is 0.268. The summed E-state index contributed by atoms with van der Waals surface area (Å²) in [5.41, 5.74) is 0. The molecule has 0 aliphatic heterocycles. The third kappa shape index (κ3) is 17.0. The summed E-state index contributed by atoms with van der Waals surface area (Å²) < 4.78 is 0. The summed E-state index contributed by atoms with van der Waals surface area (Å²) in [7, 11) is 0. The van der Waals surface area contributed by atoms with Crippen molar-refractivity contribution >= 4 is 0 Å². The van der Waals surface area contributed by atoms with Gasteiger partial charge in [-0.2, -0.15) is 0 Å². The maximum absolute atomic E-state index is 2.31. The van der Waals surface area contributed by atoms with Crippen molar-refractivity contribution in [3.63, 3.8) is 0 Å². The molecule has 0 aliphatic rings. The third-order valence-corrected chi connectivity index (χ3v) is 2.91. The van der Waals surface area contributed by atoms with E-state index in [1.165, 1.54) is 38.5 Å². The average molecular weight is 260 g/mol. The minimum absolute atomic E-state index is 1.06. The van der Waals surface area contributed by atoms with E-state index in [-0.39, 0.29) is 0 Å². The molecule has 0 saturated heterocycles. The maximum Gasteiger partial charge on any atom is -0.0169 e. The van der Waals surface area contributed by atoms with Crippen molar-refractivity contribution in [1.82, 2.24) is 0 Å². The van der Waals surface area contributed by atoms with Crippen LogP contribution < -0.4 is 0 Å². The molecule has 0 unspecified atom stereocenters. The second-order valence-electron chi connectivity index (χ2n) is 4.88. The Bertz CT molecular complexity index is 266. The normalized spacial score (nSPS) is 12.7. The van der Waals surface area contributed by atoms with Crippen molar-refractivity contribution in [3.8, 4) is 0 Å². The van der Waals surface area contributed by atoms with Gasteiger partial charge in [0.15, 0.2) is 0 Å². The molecule has 0 aromatic carbocycles. The number of unbranched alkanes of at least 4 members (excludes halogenated alkanes) is 4. The first-order valence-electron chi connectivity index (χ1n) is 8.01. The van der Waals surface area contributed by atoms with Gasteiger partial charge < -0.3 is 0 Å². The van der Waals surface area contributed by atoms with E-state index >= 15 is 0 Å². The van der Waals surface area contributed by atoms with Gasteiger partial charge in [0, 0.05) is 0 Å². The number of hydrogen-bond donors (Lipinski definition) is 0. The fourth-order valence-corrected chi connectivity index (χ4v) is 1.73. The lowest BCUT2D eigenvalue weighted by Gasteiger charge is -1.90. The molecule has 0 amide bonds. The summed E-state index contributed by atoms with van der Waals surface area (Å²) in [6.45, 7) is 4.46. The fourth-order valence-electron chi connectivity index (χ4n) is 1.73. The molecule has 0 aromatic rings. The predicted molar refractivity (Wildman–Crippen MR) is 89.5 cm³/mol. The first-order chi connectivity index (χ1) is 9.41. The Kier molecular flexibility index (Phi) is 16.0. The molecule has 0 aliphatic carbocycles. The topological polar surface area (TPSA) is 0 Å². The number of allylic oxidation sites excluding steroid dienone is 8. The highest BCUT2D eigenvalue weighted by atomic mass is 13.9. The molecule has 0 N–H and O–H groups in total. The molecule has 0 saturated carbocycles. The zero-order valence-electron chi connectivity index (χ0n) is 13.0. The number of hydrogen-bond acceptors (Lipinski definition) is 0. The van der Waals surface area contributed by atoms with Gasteiger partial charge in [-0.3, -0.25) is 0 Å². The Labute approximate surface area is 121 Å². The van der Waals surface area contributed by atoms with E-state index in [1.807, 2.05) is 0 Å². The van der Waals surface area contributed by atoms with Crippen LogP contribution in [0.2, 0.25) is 0 Å². The molecular formula is C19H32. The van der Waals surface area contributed by atoms with Crippen LogP contribution in [-0.2, 0) is 0 Å². The van der Waals surface area contributed by atoms with E-state index in [4.69, 9.17) is 0 Å². The first kappa shape index (κ1) is 18.0. The lowest BCUT2D eigenvalue weighted by Crippen LogP contribution is -1.70. The Morgan fingerprint density at radius 1 is 0.474 bits per heavy atom. The van der Waals surface area contributed by atoms with E-state index in [0.717, 1.165) is 19.3 Å². The molecule has 108 valence electrons. The summed E-state index contributed by atoms with van der Waals surface area (Å²) >= 11 is 0. The van der Waals surface area contributed by atoms with Crippen LogP contribution in [0.5, 0.6) is 0 Å². The predicted octanol–water partition coefficient (Wildman–Crippen LogP) is 6.76. The molecule has 0 rings (SSSR count). The van der Waals surface area contributed by atoms with Crippen LogP contribution in [0.3, 0.4) is 0 Å². The molecule has 0 spiro atoms. The highest BCUT2D eigenvalue weighted by Crippen LogP contribution is 2.00. The molecule has 0 aromatic heterocycles. The summed E-state index contributed by atoms with van der Waals surface area (Å²) in [5, 5.41) is 0. The van der Waals surface area contributed by atoms with Gasteiger partial charge in [0.05, 0.1) is 0 Å². The van der Waals surface area contributed by atoms with Crippen LogP contribution in [0.15, 0.2) is 48.6 Å². The van der Waals surface area contributed by atoms with E-state index in [9.17, 15) is 0 Å². The summed E-state index contributed by atoms with van der Waals surface area (Å²) in [5.74, 6) is 0. The van der Waals surface area contributed by atoms with Gasteiger partial charge in [0.25, 0.3) is 0 Å². The Hall–Kier alpha value is -1.04. The highest BCUT2D eigenvalue weighted by molar-refractivity contribution is 4.99. The van der Waals surface area contributed by atoms with Crippen molar-refractivity contribution in [3.05, 3.63) is 48.6 Å². The highest BCUT2D eigenvalue weighted by Gasteiger charge is 1.80. The SMILES string of the molecule is CCC/C=C/C/C=C/C/C=C/C/C=C/CCCCC. The lowest BCUT2D eigenvalue weighted by molar-refractivity contribution is 0.728. The second-order valence-corrected chi connectivity index (χ2v) is 4.88. The minimum atomic E-state index is 1.06. The third-order valence-electron chi connectivity index (χ3n) is 2.91. The summed E-state index contributed by atoms with van der Waals surface area (Å²) in [6, 6.07) is 0. The second kappa shape index (κ2) is 17.0. The molecule has 0 atom stereocenters. The van der Waals surface area contributed by atoms with Crippen molar-refractivity contribution in [2.45, 2.75) is 71.6 Å². The minimum Gasteiger partial charge on any atom is -0.0882 e. The van der Waals surface area contributed by atoms with Crippen LogP contribution >= 0.6 is 0 Å². The van der Waals surface area contributed by atoms with Crippen LogP contribution in [0.4, 0.5) is 0 Å². The molecule has 0 heterocycles. The van der Waals surface area contributed by atoms with Crippen molar-refractivity contribution in [1.29, 1.82) is 0 Å². The van der Waals surface area contributed by atoms with Gasteiger partial charge in [0.2, 0.25) is 0 Å². The smallest absolute Gasteiger partial charge is 0.0169 e. The van der Waals surface area contributed by atoms with Crippen molar-refractivity contribution in [2.24, 2.45) is 0 Å². The van der Waals surface area contributed by atoms with Crippen LogP contribution in [-0.4, -0.2) is 0 Å². The fraction of sp³-hybridized carbons (Fsp3) is 0.579. The van der Waals surface area contributed by atoms with Crippen LogP contribution in [0.25, 0.3) is 0 Å². The standard InChI is InChI=1S/C19H32/c1-3-5-7-9-11-13-15-17-19-18-16-14-12-10-8-6-4-2/h7,9,12-15,18-19H,3-6,8,10-11,16-17H2,1-2H3/b9-7+,14-12+,15-13+,19-18+.